The van der Waals surface area contributed by atoms with Crippen LogP contribution in [0.2, 0.25) is 0 Å². The van der Waals surface area contributed by atoms with Crippen LogP contribution in [0.4, 0.5) is 11.9 Å². The number of likely N-dealkylation sites (tertiary alicyclic amines) is 1. The van der Waals surface area contributed by atoms with Crippen LogP contribution in [0.3, 0.4) is 0 Å². The smallest absolute Gasteiger partial charge is 0.222 e. The molecular formula is C39H39N13S2. The average Bonchev–Trinajstić information content (AvgIpc) is 3.95. The molecule has 0 radical (unpaired) electrons. The van der Waals surface area contributed by atoms with Crippen molar-refractivity contribution in [2.45, 2.75) is 37.5 Å². The van der Waals surface area contributed by atoms with E-state index in [0.717, 1.165) is 55.7 Å². The first-order valence-electron chi connectivity index (χ1n) is 17.9. The molecule has 2 aromatic carbocycles. The van der Waals surface area contributed by atoms with Gasteiger partial charge in [-0.15, -0.1) is 22.7 Å². The summed E-state index contributed by atoms with van der Waals surface area (Å²) in [5.74, 6) is 0.0953. The summed E-state index contributed by atoms with van der Waals surface area (Å²) in [5, 5.41) is 27.5. The van der Waals surface area contributed by atoms with Gasteiger partial charge in [0.1, 0.15) is 21.9 Å². The Kier molecular flexibility index (Phi) is 12.0. The number of fused-ring (bicyclic) bond motifs is 2. The van der Waals surface area contributed by atoms with E-state index in [0.29, 0.717) is 29.8 Å². The summed E-state index contributed by atoms with van der Waals surface area (Å²) in [5.41, 5.74) is 4.29. The predicted octanol–water partition coefficient (Wildman–Crippen LogP) is 6.77. The summed E-state index contributed by atoms with van der Waals surface area (Å²) in [6.45, 7) is 4.84. The fourth-order valence-corrected chi connectivity index (χ4v) is 8.25. The molecule has 2 unspecified atom stereocenters. The van der Waals surface area contributed by atoms with Gasteiger partial charge in [0.15, 0.2) is 0 Å². The van der Waals surface area contributed by atoms with Gasteiger partial charge in [0, 0.05) is 57.4 Å². The second kappa shape index (κ2) is 17.8. The van der Waals surface area contributed by atoms with Crippen LogP contribution in [-0.4, -0.2) is 77.1 Å². The van der Waals surface area contributed by atoms with Crippen LogP contribution in [0.5, 0.6) is 0 Å². The van der Waals surface area contributed by atoms with Gasteiger partial charge in [0.2, 0.25) is 11.9 Å². The molecule has 0 saturated carbocycles. The first-order valence-corrected chi connectivity index (χ1v) is 19.5. The van der Waals surface area contributed by atoms with Gasteiger partial charge in [-0.3, -0.25) is 0 Å². The highest BCUT2D eigenvalue weighted by molar-refractivity contribution is 7.19. The number of para-hydroxylation sites is 2. The van der Waals surface area contributed by atoms with E-state index in [-0.39, 0.29) is 0 Å². The zero-order valence-corrected chi connectivity index (χ0v) is 31.5. The van der Waals surface area contributed by atoms with Gasteiger partial charge in [-0.2, -0.15) is 10.5 Å². The largest absolute Gasteiger partial charge is 0.354 e. The van der Waals surface area contributed by atoms with Gasteiger partial charge in [-0.05, 0) is 62.3 Å². The van der Waals surface area contributed by atoms with Crippen LogP contribution in [0, 0.1) is 22.7 Å². The van der Waals surface area contributed by atoms with Gasteiger partial charge in [-0.1, -0.05) is 30.7 Å². The molecule has 0 amide bonds. The number of anilines is 2. The van der Waals surface area contributed by atoms with Crippen LogP contribution in [0.15, 0.2) is 85.6 Å². The van der Waals surface area contributed by atoms with Gasteiger partial charge >= 0.3 is 0 Å². The highest BCUT2D eigenvalue weighted by Gasteiger charge is 2.22. The molecule has 5 aromatic heterocycles. The second-order valence-corrected chi connectivity index (χ2v) is 14.9. The molecule has 2 atom stereocenters. The number of nitriles is 2. The molecule has 7 aromatic rings. The molecule has 15 heteroatoms. The van der Waals surface area contributed by atoms with Crippen LogP contribution in [0.25, 0.3) is 20.4 Å². The molecule has 8 rings (SSSR count). The number of imidazole rings is 1. The Labute approximate surface area is 321 Å². The lowest BCUT2D eigenvalue weighted by Crippen LogP contribution is -2.33. The highest BCUT2D eigenvalue weighted by atomic mass is 32.1. The third kappa shape index (κ3) is 9.01. The summed E-state index contributed by atoms with van der Waals surface area (Å²) >= 11 is 3.07. The Hall–Kier alpha value is -5.87. The first-order chi connectivity index (χ1) is 26.6. The lowest BCUT2D eigenvalue weighted by Gasteiger charge is -2.26. The molecule has 1 aliphatic rings. The van der Waals surface area contributed by atoms with Crippen molar-refractivity contribution >= 4 is 55.0 Å². The van der Waals surface area contributed by atoms with Crippen molar-refractivity contribution < 1.29 is 0 Å². The van der Waals surface area contributed by atoms with Crippen LogP contribution >= 0.6 is 22.7 Å². The van der Waals surface area contributed by atoms with Gasteiger partial charge in [0.25, 0.3) is 0 Å². The third-order valence-electron chi connectivity index (χ3n) is 9.06. The predicted molar refractivity (Wildman–Crippen MR) is 212 cm³/mol. The number of nitrogens with zero attached hydrogens (tertiary/aromatic N) is 11. The van der Waals surface area contributed by atoms with E-state index in [2.05, 4.69) is 62.6 Å². The number of aryl methyl sites for hydroxylation is 1. The van der Waals surface area contributed by atoms with Crippen molar-refractivity contribution in [2.75, 3.05) is 43.4 Å². The lowest BCUT2D eigenvalue weighted by atomic mass is 10.1. The molecule has 1 aliphatic heterocycles. The van der Waals surface area contributed by atoms with Crippen molar-refractivity contribution in [3.05, 3.63) is 113 Å². The van der Waals surface area contributed by atoms with Crippen molar-refractivity contribution in [1.82, 2.24) is 44.4 Å². The van der Waals surface area contributed by atoms with E-state index < -0.39 is 11.8 Å². The maximum absolute atomic E-state index is 9.72. The van der Waals surface area contributed by atoms with E-state index in [1.807, 2.05) is 66.3 Å². The molecule has 6 heterocycles. The standard InChI is InChI=1S/C20H22N6S.C19H17N7S/c21-14-15(19-24-17-6-2-3-7-18(17)27-19)16-8-9-22-20(25-16)23-10-13-26-11-4-1-5-12-26;1-26-12-21-11-13(26)6-8-22-19-23-9-7-15(25-19)14(10-20)18-24-16-4-2-3-5-17(16)27-18/h2-3,6-9,15H,1,4-5,10-13H2,(H,22,23,25);2-5,7,9,11-12,14H,6,8H2,1H3,(H,22,23,25). The summed E-state index contributed by atoms with van der Waals surface area (Å²) < 4.78 is 4.13. The minimum absolute atomic E-state index is 0.479. The van der Waals surface area contributed by atoms with Crippen molar-refractivity contribution in [3.63, 3.8) is 0 Å². The zero-order chi connectivity index (χ0) is 37.1. The summed E-state index contributed by atoms with van der Waals surface area (Å²) in [7, 11) is 1.97. The Morgan fingerprint density at radius 3 is 1.80 bits per heavy atom. The summed E-state index contributed by atoms with van der Waals surface area (Å²) in [6, 6.07) is 24.1. The van der Waals surface area contributed by atoms with Crippen LogP contribution < -0.4 is 10.6 Å². The van der Waals surface area contributed by atoms with Crippen LogP contribution in [-0.2, 0) is 13.5 Å². The number of piperidine rings is 1. The molecule has 0 spiro atoms. The van der Waals surface area contributed by atoms with E-state index in [4.69, 9.17) is 0 Å². The molecule has 272 valence electrons. The highest BCUT2D eigenvalue weighted by Crippen LogP contribution is 2.32. The Morgan fingerprint density at radius 1 is 0.722 bits per heavy atom. The number of hydrogen-bond acceptors (Lipinski definition) is 14. The number of benzene rings is 2. The normalized spacial score (nSPS) is 14.1. The quantitative estimate of drug-likeness (QED) is 0.134. The Bertz CT molecular complexity index is 2320. The van der Waals surface area contributed by atoms with Crippen molar-refractivity contribution in [3.8, 4) is 12.1 Å². The minimum atomic E-state index is -0.511. The van der Waals surface area contributed by atoms with E-state index in [1.54, 1.807) is 42.2 Å². The molecule has 54 heavy (non-hydrogen) atoms. The number of rotatable bonds is 12. The SMILES string of the molecule is Cn1cncc1CCNc1nccc(C(C#N)c2nc3ccccc3s2)n1.N#CC(c1ccnc(NCCN2CCCCC2)n1)c1nc2ccccc2s1. The van der Waals surface area contributed by atoms with Crippen LogP contribution in [0.1, 0.15) is 58.2 Å². The second-order valence-electron chi connectivity index (χ2n) is 12.8. The molecule has 13 nitrogen and oxygen atoms in total. The Morgan fingerprint density at radius 2 is 1.28 bits per heavy atom. The fourth-order valence-electron chi connectivity index (χ4n) is 6.20. The zero-order valence-electron chi connectivity index (χ0n) is 29.8. The number of nitrogens with one attached hydrogen (secondary N) is 2. The third-order valence-corrected chi connectivity index (χ3v) is 11.3. The number of aromatic nitrogens is 8. The average molecular weight is 754 g/mol. The van der Waals surface area contributed by atoms with E-state index in [9.17, 15) is 10.5 Å². The lowest BCUT2D eigenvalue weighted by molar-refractivity contribution is 0.237. The molecular weight excluding hydrogens is 715 g/mol. The molecule has 1 fully saturated rings. The molecule has 0 aliphatic carbocycles. The molecule has 0 bridgehead atoms. The maximum atomic E-state index is 9.72. The van der Waals surface area contributed by atoms with Crippen molar-refractivity contribution in [2.24, 2.45) is 7.05 Å². The summed E-state index contributed by atoms with van der Waals surface area (Å²) in [4.78, 5) is 33.5. The van der Waals surface area contributed by atoms with E-state index >= 15 is 0 Å². The topological polar surface area (TPSA) is 170 Å². The van der Waals surface area contributed by atoms with Gasteiger partial charge in [-0.25, -0.2) is 34.9 Å². The fraction of sp³-hybridized carbons (Fsp3) is 0.308. The Balaban J connectivity index is 0.000000167. The summed E-state index contributed by atoms with van der Waals surface area (Å²) in [6.07, 6.45) is 11.7. The molecule has 2 N–H and O–H groups in total. The van der Waals surface area contributed by atoms with Gasteiger partial charge in [0.05, 0.1) is 50.3 Å². The van der Waals surface area contributed by atoms with Gasteiger partial charge < -0.3 is 20.1 Å². The van der Waals surface area contributed by atoms with Crippen molar-refractivity contribution in [1.29, 1.82) is 10.5 Å². The number of thiazole rings is 2. The molecule has 1 saturated heterocycles. The monoisotopic (exact) mass is 753 g/mol. The minimum Gasteiger partial charge on any atom is -0.354 e. The first kappa shape index (κ1) is 36.5. The van der Waals surface area contributed by atoms with E-state index in [1.165, 1.54) is 43.7 Å². The maximum Gasteiger partial charge on any atom is 0.222 e. The number of hydrogen-bond donors (Lipinski definition) is 2.